The van der Waals surface area contributed by atoms with Crippen molar-refractivity contribution in [2.24, 2.45) is 11.7 Å². The molecule has 2 amide bonds. The molecule has 9 heteroatoms. The first kappa shape index (κ1) is 20.1. The van der Waals surface area contributed by atoms with Gasteiger partial charge in [0.15, 0.2) is 0 Å². The Labute approximate surface area is 135 Å². The molecule has 0 saturated heterocycles. The molecule has 0 rings (SSSR count). The van der Waals surface area contributed by atoms with E-state index in [1.165, 1.54) is 0 Å². The Hall–Kier alpha value is -0.930. The molecule has 0 aliphatic heterocycles. The summed E-state index contributed by atoms with van der Waals surface area (Å²) in [5, 5.41) is 13.8. The third kappa shape index (κ3) is 7.58. The zero-order valence-electron chi connectivity index (χ0n) is 12.1. The fourth-order valence-electron chi connectivity index (χ4n) is 1.52. The second kappa shape index (κ2) is 9.91. The van der Waals surface area contributed by atoms with Crippen LogP contribution in [0.4, 0.5) is 0 Å². The van der Waals surface area contributed by atoms with Crippen molar-refractivity contribution >= 4 is 43.0 Å². The number of nitrogens with two attached hydrogens (primary N) is 1. The second-order valence-electron chi connectivity index (χ2n) is 5.06. The van der Waals surface area contributed by atoms with Crippen molar-refractivity contribution in [3.63, 3.8) is 0 Å². The quantitative estimate of drug-likeness (QED) is 0.310. The minimum absolute atomic E-state index is 0.0421. The van der Waals surface area contributed by atoms with Gasteiger partial charge >= 0.3 is 5.97 Å². The number of amides is 2. The van der Waals surface area contributed by atoms with E-state index in [-0.39, 0.29) is 17.4 Å². The summed E-state index contributed by atoms with van der Waals surface area (Å²) in [6, 6.07) is -2.77. The number of carbonyl (C=O) groups excluding carboxylic acids is 2. The monoisotopic (exact) mass is 337 g/mol. The number of thiol groups is 2. The van der Waals surface area contributed by atoms with Crippen molar-refractivity contribution in [3.05, 3.63) is 0 Å². The number of carbonyl (C=O) groups is 3. The molecule has 0 bridgehead atoms. The highest BCUT2D eigenvalue weighted by Gasteiger charge is 2.27. The van der Waals surface area contributed by atoms with E-state index in [0.29, 0.717) is 6.42 Å². The molecule has 0 aliphatic rings. The number of hydrogen-bond donors (Lipinski definition) is 6. The van der Waals surface area contributed by atoms with Gasteiger partial charge in [-0.25, -0.2) is 4.79 Å². The third-order valence-electron chi connectivity index (χ3n) is 2.67. The van der Waals surface area contributed by atoms with Gasteiger partial charge in [-0.1, -0.05) is 13.8 Å². The highest BCUT2D eigenvalue weighted by Crippen LogP contribution is 2.06. The predicted octanol–water partition coefficient (Wildman–Crippen LogP) is -0.726. The molecule has 0 radical (unpaired) electrons. The summed E-state index contributed by atoms with van der Waals surface area (Å²) in [4.78, 5) is 34.8. The first-order valence-corrected chi connectivity index (χ1v) is 7.80. The van der Waals surface area contributed by atoms with E-state index in [2.05, 4.69) is 35.9 Å². The Morgan fingerprint density at radius 2 is 1.57 bits per heavy atom. The maximum atomic E-state index is 12.1. The first-order valence-electron chi connectivity index (χ1n) is 6.53. The van der Waals surface area contributed by atoms with Crippen molar-refractivity contribution in [1.29, 1.82) is 0 Å². The standard InChI is InChI=1S/C12H23N3O4S2/c1-6(2)3-8(14-10(16)7(13)4-20)11(17)15-9(5-21)12(18)19/h6-9,20-21H,3-5,13H2,1-2H3,(H,14,16)(H,15,17)(H,18,19)/t7-,8-,9-/m0/s1. The van der Waals surface area contributed by atoms with Gasteiger partial charge in [0.25, 0.3) is 0 Å². The molecule has 0 fully saturated rings. The fourth-order valence-corrected chi connectivity index (χ4v) is 1.94. The van der Waals surface area contributed by atoms with Crippen LogP contribution < -0.4 is 16.4 Å². The zero-order valence-corrected chi connectivity index (χ0v) is 13.9. The molecule has 0 aromatic heterocycles. The summed E-state index contributed by atoms with van der Waals surface area (Å²) in [6.45, 7) is 3.77. The summed E-state index contributed by atoms with van der Waals surface area (Å²) in [6.07, 6.45) is 0.371. The number of carboxylic acid groups (broad SMARTS) is 1. The minimum atomic E-state index is -1.18. The molecule has 0 aliphatic carbocycles. The van der Waals surface area contributed by atoms with Crippen LogP contribution in [0.2, 0.25) is 0 Å². The maximum absolute atomic E-state index is 12.1. The summed E-state index contributed by atoms with van der Waals surface area (Å²) in [5.41, 5.74) is 5.54. The van der Waals surface area contributed by atoms with Crippen molar-refractivity contribution in [3.8, 4) is 0 Å². The van der Waals surface area contributed by atoms with Crippen LogP contribution in [0.5, 0.6) is 0 Å². The average molecular weight is 337 g/mol. The van der Waals surface area contributed by atoms with Crippen LogP contribution in [0.1, 0.15) is 20.3 Å². The highest BCUT2D eigenvalue weighted by atomic mass is 32.1. The topological polar surface area (TPSA) is 122 Å². The van der Waals surface area contributed by atoms with Gasteiger partial charge < -0.3 is 21.5 Å². The van der Waals surface area contributed by atoms with Gasteiger partial charge in [-0.05, 0) is 12.3 Å². The van der Waals surface area contributed by atoms with Crippen LogP contribution >= 0.6 is 25.3 Å². The van der Waals surface area contributed by atoms with E-state index < -0.39 is 35.9 Å². The Morgan fingerprint density at radius 3 is 1.95 bits per heavy atom. The van der Waals surface area contributed by atoms with Crippen LogP contribution in [0, 0.1) is 5.92 Å². The van der Waals surface area contributed by atoms with Crippen LogP contribution in [0.3, 0.4) is 0 Å². The molecule has 122 valence electrons. The van der Waals surface area contributed by atoms with E-state index in [4.69, 9.17) is 10.8 Å². The predicted molar refractivity (Wildman–Crippen MR) is 86.6 cm³/mol. The van der Waals surface area contributed by atoms with Gasteiger partial charge in [0.1, 0.15) is 12.1 Å². The van der Waals surface area contributed by atoms with Crippen LogP contribution in [-0.4, -0.2) is 52.5 Å². The molecule has 21 heavy (non-hydrogen) atoms. The summed E-state index contributed by atoms with van der Waals surface area (Å²) >= 11 is 7.79. The molecular weight excluding hydrogens is 314 g/mol. The van der Waals surface area contributed by atoms with Gasteiger partial charge in [-0.15, -0.1) is 0 Å². The van der Waals surface area contributed by atoms with Crippen molar-refractivity contribution in [2.75, 3.05) is 11.5 Å². The summed E-state index contributed by atoms with van der Waals surface area (Å²) < 4.78 is 0. The first-order chi connectivity index (χ1) is 9.72. The van der Waals surface area contributed by atoms with Crippen LogP contribution in [0.25, 0.3) is 0 Å². The minimum Gasteiger partial charge on any atom is -0.480 e. The lowest BCUT2D eigenvalue weighted by molar-refractivity contribution is -0.141. The fraction of sp³-hybridized carbons (Fsp3) is 0.750. The van der Waals surface area contributed by atoms with Crippen molar-refractivity contribution < 1.29 is 19.5 Å². The summed E-state index contributed by atoms with van der Waals surface area (Å²) in [7, 11) is 0. The SMILES string of the molecule is CC(C)C[C@H](NC(=O)[C@@H](N)CS)C(=O)N[C@@H](CS)C(=O)O. The van der Waals surface area contributed by atoms with Gasteiger partial charge in [0.2, 0.25) is 11.8 Å². The van der Waals surface area contributed by atoms with Crippen LogP contribution in [0.15, 0.2) is 0 Å². The highest BCUT2D eigenvalue weighted by molar-refractivity contribution is 7.80. The lowest BCUT2D eigenvalue weighted by atomic mass is 10.0. The average Bonchev–Trinajstić information content (AvgIpc) is 2.41. The molecule has 0 aromatic carbocycles. The largest absolute Gasteiger partial charge is 0.480 e. The molecule has 0 aromatic rings. The number of nitrogens with one attached hydrogen (secondary N) is 2. The second-order valence-corrected chi connectivity index (χ2v) is 5.79. The molecule has 3 atom stereocenters. The zero-order chi connectivity index (χ0) is 16.6. The van der Waals surface area contributed by atoms with Gasteiger partial charge in [-0.3, -0.25) is 9.59 Å². The number of hydrogen-bond acceptors (Lipinski definition) is 6. The molecule has 0 heterocycles. The molecule has 7 nitrogen and oxygen atoms in total. The van der Waals surface area contributed by atoms with Crippen molar-refractivity contribution in [1.82, 2.24) is 10.6 Å². The lowest BCUT2D eigenvalue weighted by Gasteiger charge is -2.23. The van der Waals surface area contributed by atoms with E-state index in [9.17, 15) is 14.4 Å². The third-order valence-corrected chi connectivity index (χ3v) is 3.43. The van der Waals surface area contributed by atoms with Gasteiger partial charge in [-0.2, -0.15) is 25.3 Å². The Balaban J connectivity index is 4.84. The molecule has 0 saturated carbocycles. The van der Waals surface area contributed by atoms with E-state index in [0.717, 1.165) is 0 Å². The van der Waals surface area contributed by atoms with Crippen molar-refractivity contribution in [2.45, 2.75) is 38.4 Å². The Bertz CT molecular complexity index is 380. The molecular formula is C12H23N3O4S2. The summed E-state index contributed by atoms with van der Waals surface area (Å²) in [5.74, 6) is -2.00. The Morgan fingerprint density at radius 1 is 1.05 bits per heavy atom. The maximum Gasteiger partial charge on any atom is 0.327 e. The number of rotatable bonds is 9. The van der Waals surface area contributed by atoms with E-state index in [1.807, 2.05) is 13.8 Å². The molecule has 5 N–H and O–H groups in total. The van der Waals surface area contributed by atoms with Gasteiger partial charge in [0, 0.05) is 11.5 Å². The van der Waals surface area contributed by atoms with Crippen LogP contribution in [-0.2, 0) is 14.4 Å². The normalized spacial score (nSPS) is 15.1. The van der Waals surface area contributed by atoms with E-state index in [1.54, 1.807) is 0 Å². The smallest absolute Gasteiger partial charge is 0.327 e. The lowest BCUT2D eigenvalue weighted by Crippen LogP contribution is -2.55. The molecule has 0 unspecified atom stereocenters. The van der Waals surface area contributed by atoms with Gasteiger partial charge in [0.05, 0.1) is 6.04 Å². The van der Waals surface area contributed by atoms with E-state index >= 15 is 0 Å². The number of carboxylic acids is 1. The Kier molecular flexibility index (Phi) is 9.47. The number of aliphatic carboxylic acids is 1. The molecule has 0 spiro atoms.